The molecule has 9 nitrogen and oxygen atoms in total. The molecule has 0 radical (unpaired) electrons. The zero-order valence-corrected chi connectivity index (χ0v) is 11.7. The molecule has 1 fully saturated rings. The Bertz CT molecular complexity index is 462. The summed E-state index contributed by atoms with van der Waals surface area (Å²) < 4.78 is 39.1. The summed E-state index contributed by atoms with van der Waals surface area (Å²) >= 11 is 0. The average Bonchev–Trinajstić information content (AvgIpc) is 2.70. The van der Waals surface area contributed by atoms with Crippen LogP contribution in [0.25, 0.3) is 0 Å². The molecule has 0 saturated carbocycles. The highest BCUT2D eigenvalue weighted by molar-refractivity contribution is 7.80. The quantitative estimate of drug-likeness (QED) is 0.528. The average molecular weight is 311 g/mol. The smallest absolute Gasteiger partial charge is 0.410 e. The molecule has 0 spiro atoms. The topological polar surface area (TPSA) is 130 Å². The standard InChI is InChI=1S/C10H17NO8S/c1-2-3-6-18-10(14)11-5-4-7(8(11)9(12)13)19-20(15,16)17/h7-8H,2-6H2,1H3,(H,12,13)(H,15,16,17)/t7?,8-/m0/s1. The summed E-state index contributed by atoms with van der Waals surface area (Å²) in [5.74, 6) is -1.43. The molecule has 20 heavy (non-hydrogen) atoms. The third-order valence-electron chi connectivity index (χ3n) is 2.80. The van der Waals surface area contributed by atoms with Gasteiger partial charge in [-0.3, -0.25) is 9.45 Å². The molecule has 0 aromatic rings. The van der Waals surface area contributed by atoms with Gasteiger partial charge in [-0.15, -0.1) is 0 Å². The van der Waals surface area contributed by atoms with Crippen LogP contribution in [0.15, 0.2) is 0 Å². The number of likely N-dealkylation sites (tertiary alicyclic amines) is 1. The number of rotatable bonds is 6. The molecule has 2 N–H and O–H groups in total. The Balaban J connectivity index is 2.73. The van der Waals surface area contributed by atoms with Crippen LogP contribution in [0.4, 0.5) is 4.79 Å². The fourth-order valence-corrected chi connectivity index (χ4v) is 2.42. The molecule has 1 unspecified atom stereocenters. The minimum absolute atomic E-state index is 0.0257. The Morgan fingerprint density at radius 3 is 2.55 bits per heavy atom. The maximum atomic E-state index is 11.7. The molecule has 0 aliphatic carbocycles. The first-order chi connectivity index (χ1) is 9.26. The van der Waals surface area contributed by atoms with E-state index in [9.17, 15) is 18.0 Å². The highest BCUT2D eigenvalue weighted by Crippen LogP contribution is 2.23. The fourth-order valence-electron chi connectivity index (χ4n) is 1.90. The number of carboxylic acids is 1. The van der Waals surface area contributed by atoms with Crippen molar-refractivity contribution in [2.75, 3.05) is 13.2 Å². The van der Waals surface area contributed by atoms with Crippen molar-refractivity contribution in [2.45, 2.75) is 38.3 Å². The van der Waals surface area contributed by atoms with Crippen molar-refractivity contribution in [2.24, 2.45) is 0 Å². The van der Waals surface area contributed by atoms with Crippen molar-refractivity contribution < 1.29 is 36.6 Å². The fraction of sp³-hybridized carbons (Fsp3) is 0.800. The van der Waals surface area contributed by atoms with Crippen LogP contribution < -0.4 is 0 Å². The Labute approximate surface area is 116 Å². The summed E-state index contributed by atoms with van der Waals surface area (Å²) in [5.41, 5.74) is 0. The van der Waals surface area contributed by atoms with Gasteiger partial charge in [-0.1, -0.05) is 13.3 Å². The van der Waals surface area contributed by atoms with Crippen molar-refractivity contribution in [1.82, 2.24) is 4.90 Å². The van der Waals surface area contributed by atoms with E-state index in [0.717, 1.165) is 11.3 Å². The third kappa shape index (κ3) is 4.62. The molecule has 1 amide bonds. The van der Waals surface area contributed by atoms with Crippen molar-refractivity contribution in [1.29, 1.82) is 0 Å². The number of carbonyl (C=O) groups is 2. The normalized spacial score (nSPS) is 22.8. The van der Waals surface area contributed by atoms with Gasteiger partial charge < -0.3 is 9.84 Å². The molecule has 0 aromatic heterocycles. The summed E-state index contributed by atoms with van der Waals surface area (Å²) in [6.45, 7) is 2.03. The zero-order chi connectivity index (χ0) is 15.3. The summed E-state index contributed by atoms with van der Waals surface area (Å²) in [6, 6.07) is -1.51. The van der Waals surface area contributed by atoms with Gasteiger partial charge in [0.2, 0.25) is 0 Å². The number of carbonyl (C=O) groups excluding carboxylic acids is 1. The second-order valence-electron chi connectivity index (χ2n) is 4.30. The number of amides is 1. The number of unbranched alkanes of at least 4 members (excludes halogenated alkanes) is 1. The van der Waals surface area contributed by atoms with E-state index in [1.165, 1.54) is 0 Å². The number of aliphatic carboxylic acids is 1. The van der Waals surface area contributed by atoms with E-state index < -0.39 is 34.6 Å². The molecular formula is C10H17NO8S. The zero-order valence-electron chi connectivity index (χ0n) is 10.9. The molecule has 0 aromatic carbocycles. The van der Waals surface area contributed by atoms with Crippen LogP contribution in [0.5, 0.6) is 0 Å². The van der Waals surface area contributed by atoms with Crippen LogP contribution in [0.1, 0.15) is 26.2 Å². The lowest BCUT2D eigenvalue weighted by molar-refractivity contribution is -0.143. The van der Waals surface area contributed by atoms with Gasteiger partial charge >= 0.3 is 22.5 Å². The SMILES string of the molecule is CCCCOC(=O)N1CCC(OS(=O)(=O)O)[C@H]1C(=O)O. The lowest BCUT2D eigenvalue weighted by atomic mass is 10.2. The Kier molecular flexibility index (Phi) is 5.72. The molecule has 2 atom stereocenters. The first-order valence-corrected chi connectivity index (χ1v) is 7.44. The molecule has 10 heteroatoms. The van der Waals surface area contributed by atoms with Gasteiger partial charge in [0, 0.05) is 6.54 Å². The molecule has 1 saturated heterocycles. The van der Waals surface area contributed by atoms with Gasteiger partial charge in [0.25, 0.3) is 0 Å². The maximum absolute atomic E-state index is 11.7. The highest BCUT2D eigenvalue weighted by atomic mass is 32.3. The van der Waals surface area contributed by atoms with Gasteiger partial charge in [0.15, 0.2) is 6.04 Å². The Hall–Kier alpha value is -1.39. The first-order valence-electron chi connectivity index (χ1n) is 6.08. The van der Waals surface area contributed by atoms with Gasteiger partial charge in [-0.25, -0.2) is 13.8 Å². The first kappa shape index (κ1) is 16.7. The predicted octanol–water partition coefficient (Wildman–Crippen LogP) is 0.270. The number of hydrogen-bond donors (Lipinski definition) is 2. The monoisotopic (exact) mass is 311 g/mol. The van der Waals surface area contributed by atoms with Gasteiger partial charge in [0.05, 0.1) is 6.61 Å². The number of carboxylic acid groups (broad SMARTS) is 1. The van der Waals surface area contributed by atoms with Gasteiger partial charge in [0.1, 0.15) is 6.10 Å². The minimum atomic E-state index is -4.79. The summed E-state index contributed by atoms with van der Waals surface area (Å²) in [5, 5.41) is 9.07. The van der Waals surface area contributed by atoms with Crippen LogP contribution in [0, 0.1) is 0 Å². The maximum Gasteiger partial charge on any atom is 0.410 e. The van der Waals surface area contributed by atoms with E-state index in [1.54, 1.807) is 0 Å². The summed E-state index contributed by atoms with van der Waals surface area (Å²) in [7, 11) is -4.79. The van der Waals surface area contributed by atoms with Crippen molar-refractivity contribution in [3.05, 3.63) is 0 Å². The molecule has 1 heterocycles. The van der Waals surface area contributed by atoms with E-state index in [-0.39, 0.29) is 19.6 Å². The van der Waals surface area contributed by atoms with E-state index in [4.69, 9.17) is 14.4 Å². The third-order valence-corrected chi connectivity index (χ3v) is 3.29. The van der Waals surface area contributed by atoms with Gasteiger partial charge in [-0.2, -0.15) is 8.42 Å². The number of hydrogen-bond acceptors (Lipinski definition) is 6. The number of ether oxygens (including phenoxy) is 1. The molecule has 1 aliphatic rings. The molecular weight excluding hydrogens is 294 g/mol. The second-order valence-corrected chi connectivity index (χ2v) is 5.34. The minimum Gasteiger partial charge on any atom is -0.480 e. The van der Waals surface area contributed by atoms with E-state index in [0.29, 0.717) is 6.42 Å². The largest absolute Gasteiger partial charge is 0.480 e. The molecule has 0 bridgehead atoms. The van der Waals surface area contributed by atoms with E-state index in [1.807, 2.05) is 6.92 Å². The lowest BCUT2D eigenvalue weighted by Crippen LogP contribution is -2.46. The van der Waals surface area contributed by atoms with Crippen molar-refractivity contribution in [3.8, 4) is 0 Å². The van der Waals surface area contributed by atoms with Crippen LogP contribution in [-0.2, 0) is 24.1 Å². The molecule has 1 rings (SSSR count). The molecule has 116 valence electrons. The van der Waals surface area contributed by atoms with Crippen molar-refractivity contribution >= 4 is 22.5 Å². The van der Waals surface area contributed by atoms with Crippen LogP contribution in [0.3, 0.4) is 0 Å². The van der Waals surface area contributed by atoms with Crippen LogP contribution in [0.2, 0.25) is 0 Å². The predicted molar refractivity (Wildman–Crippen MR) is 65.4 cm³/mol. The van der Waals surface area contributed by atoms with Gasteiger partial charge in [-0.05, 0) is 12.8 Å². The summed E-state index contributed by atoms with van der Waals surface area (Å²) in [4.78, 5) is 23.7. The second kappa shape index (κ2) is 6.86. The Morgan fingerprint density at radius 2 is 2.05 bits per heavy atom. The van der Waals surface area contributed by atoms with E-state index in [2.05, 4.69) is 4.18 Å². The van der Waals surface area contributed by atoms with E-state index >= 15 is 0 Å². The van der Waals surface area contributed by atoms with Crippen LogP contribution in [-0.4, -0.2) is 60.3 Å². The molecule has 1 aliphatic heterocycles. The Morgan fingerprint density at radius 1 is 1.40 bits per heavy atom. The summed E-state index contributed by atoms with van der Waals surface area (Å²) in [6.07, 6.45) is -0.750. The van der Waals surface area contributed by atoms with Crippen LogP contribution >= 0.6 is 0 Å². The lowest BCUT2D eigenvalue weighted by Gasteiger charge is -2.23. The number of nitrogens with zero attached hydrogens (tertiary/aromatic N) is 1. The highest BCUT2D eigenvalue weighted by Gasteiger charge is 2.45. The van der Waals surface area contributed by atoms with Crippen molar-refractivity contribution in [3.63, 3.8) is 0 Å².